The van der Waals surface area contributed by atoms with Crippen LogP contribution in [0.1, 0.15) is 40.9 Å². The van der Waals surface area contributed by atoms with E-state index in [1.54, 1.807) is 18.4 Å². The van der Waals surface area contributed by atoms with Gasteiger partial charge in [0.15, 0.2) is 5.13 Å². The summed E-state index contributed by atoms with van der Waals surface area (Å²) in [4.78, 5) is 22.6. The highest BCUT2D eigenvalue weighted by Crippen LogP contribution is 2.36. The van der Waals surface area contributed by atoms with Gasteiger partial charge >= 0.3 is 0 Å². The van der Waals surface area contributed by atoms with E-state index in [9.17, 15) is 4.79 Å². The largest absolute Gasteiger partial charge is 0.494 e. The standard InChI is InChI=1S/C24H31N3O2S/c1-7-26(8-2)11-12-27(23(28)19-14-16(3)13-17(4)15-19)24-25-21-20(29-6)10-9-18(5)22(21)30-24/h9-10,13-15H,7-8,11-12H2,1-6H3. The van der Waals surface area contributed by atoms with E-state index in [0.717, 1.165) is 52.3 Å². The van der Waals surface area contributed by atoms with Crippen LogP contribution in [-0.2, 0) is 0 Å². The molecule has 0 aliphatic heterocycles. The first kappa shape index (κ1) is 22.2. The Bertz CT molecular complexity index is 1020. The molecule has 30 heavy (non-hydrogen) atoms. The van der Waals surface area contributed by atoms with Gasteiger partial charge in [0.05, 0.1) is 11.8 Å². The predicted molar refractivity (Wildman–Crippen MR) is 126 cm³/mol. The molecule has 0 radical (unpaired) electrons. The van der Waals surface area contributed by atoms with Crippen molar-refractivity contribution in [2.45, 2.75) is 34.6 Å². The normalized spacial score (nSPS) is 11.3. The van der Waals surface area contributed by atoms with Gasteiger partial charge in [0.2, 0.25) is 0 Å². The number of likely N-dealkylation sites (N-methyl/N-ethyl adjacent to an activating group) is 1. The molecule has 1 aromatic heterocycles. The Morgan fingerprint density at radius 3 is 2.30 bits per heavy atom. The number of anilines is 1. The molecule has 0 fully saturated rings. The number of carbonyl (C=O) groups excluding carboxylic acids is 1. The number of fused-ring (bicyclic) bond motifs is 1. The summed E-state index contributed by atoms with van der Waals surface area (Å²) in [5.74, 6) is 0.727. The minimum absolute atomic E-state index is 0.00960. The van der Waals surface area contributed by atoms with Gasteiger partial charge in [0, 0.05) is 18.7 Å². The van der Waals surface area contributed by atoms with Crippen molar-refractivity contribution in [3.8, 4) is 5.75 Å². The van der Waals surface area contributed by atoms with Gasteiger partial charge in [-0.25, -0.2) is 4.98 Å². The van der Waals surface area contributed by atoms with Crippen molar-refractivity contribution in [2.75, 3.05) is 38.2 Å². The molecule has 1 heterocycles. The number of nitrogens with zero attached hydrogens (tertiary/aromatic N) is 3. The second-order valence-corrected chi connectivity index (χ2v) is 8.60. The highest BCUT2D eigenvalue weighted by molar-refractivity contribution is 7.22. The van der Waals surface area contributed by atoms with Crippen molar-refractivity contribution in [3.63, 3.8) is 0 Å². The molecule has 0 saturated carbocycles. The lowest BCUT2D eigenvalue weighted by atomic mass is 10.1. The minimum Gasteiger partial charge on any atom is -0.494 e. The molecular formula is C24H31N3O2S. The maximum atomic E-state index is 13.6. The van der Waals surface area contributed by atoms with Crippen LogP contribution < -0.4 is 9.64 Å². The summed E-state index contributed by atoms with van der Waals surface area (Å²) in [5.41, 5.74) is 4.83. The quantitative estimate of drug-likeness (QED) is 0.496. The molecule has 1 amide bonds. The molecular weight excluding hydrogens is 394 g/mol. The first-order chi connectivity index (χ1) is 14.4. The first-order valence-corrected chi connectivity index (χ1v) is 11.3. The average molecular weight is 426 g/mol. The Balaban J connectivity index is 2.06. The van der Waals surface area contributed by atoms with Crippen LogP contribution in [0.3, 0.4) is 0 Å². The highest BCUT2D eigenvalue weighted by atomic mass is 32.1. The van der Waals surface area contributed by atoms with Crippen molar-refractivity contribution in [1.29, 1.82) is 0 Å². The smallest absolute Gasteiger partial charge is 0.260 e. The third-order valence-corrected chi connectivity index (χ3v) is 6.60. The number of methoxy groups -OCH3 is 1. The van der Waals surface area contributed by atoms with E-state index >= 15 is 0 Å². The molecule has 6 heteroatoms. The van der Waals surface area contributed by atoms with Crippen molar-refractivity contribution in [3.05, 3.63) is 52.6 Å². The van der Waals surface area contributed by atoms with E-state index in [0.29, 0.717) is 17.2 Å². The third-order valence-electron chi connectivity index (χ3n) is 5.39. The molecule has 2 aromatic carbocycles. The maximum absolute atomic E-state index is 13.6. The number of rotatable bonds is 8. The van der Waals surface area contributed by atoms with Crippen LogP contribution in [0.25, 0.3) is 10.2 Å². The number of thiazole rings is 1. The second kappa shape index (κ2) is 9.58. The molecule has 0 atom stereocenters. The molecule has 0 saturated heterocycles. The summed E-state index contributed by atoms with van der Waals surface area (Å²) in [5, 5.41) is 0.717. The zero-order valence-electron chi connectivity index (χ0n) is 18.8. The molecule has 5 nitrogen and oxygen atoms in total. The van der Waals surface area contributed by atoms with Gasteiger partial charge in [-0.05, 0) is 57.6 Å². The average Bonchev–Trinajstić information content (AvgIpc) is 3.16. The highest BCUT2D eigenvalue weighted by Gasteiger charge is 2.23. The maximum Gasteiger partial charge on any atom is 0.260 e. The fraction of sp³-hybridized carbons (Fsp3) is 0.417. The van der Waals surface area contributed by atoms with E-state index in [4.69, 9.17) is 9.72 Å². The minimum atomic E-state index is -0.00960. The summed E-state index contributed by atoms with van der Waals surface area (Å²) >= 11 is 1.56. The van der Waals surface area contributed by atoms with Crippen LogP contribution >= 0.6 is 11.3 Å². The fourth-order valence-electron chi connectivity index (χ4n) is 3.70. The SMILES string of the molecule is CCN(CC)CCN(C(=O)c1cc(C)cc(C)c1)c1nc2c(OC)ccc(C)c2s1. The Kier molecular flexibility index (Phi) is 7.10. The van der Waals surface area contributed by atoms with Crippen molar-refractivity contribution < 1.29 is 9.53 Å². The van der Waals surface area contributed by atoms with E-state index in [1.807, 2.05) is 43.0 Å². The number of aryl methyl sites for hydroxylation is 3. The van der Waals surface area contributed by atoms with E-state index < -0.39 is 0 Å². The molecule has 3 aromatic rings. The zero-order chi connectivity index (χ0) is 21.8. The molecule has 0 spiro atoms. The third kappa shape index (κ3) is 4.65. The summed E-state index contributed by atoms with van der Waals surface area (Å²) < 4.78 is 6.58. The molecule has 3 rings (SSSR count). The van der Waals surface area contributed by atoms with Crippen molar-refractivity contribution >= 4 is 32.6 Å². The van der Waals surface area contributed by atoms with E-state index in [2.05, 4.69) is 31.7 Å². The van der Waals surface area contributed by atoms with Crippen LogP contribution in [0.5, 0.6) is 5.75 Å². The number of hydrogen-bond acceptors (Lipinski definition) is 5. The summed E-state index contributed by atoms with van der Waals surface area (Å²) in [7, 11) is 1.65. The van der Waals surface area contributed by atoms with Gasteiger partial charge in [-0.2, -0.15) is 0 Å². The van der Waals surface area contributed by atoms with Gasteiger partial charge in [-0.1, -0.05) is 48.4 Å². The number of carbonyl (C=O) groups is 1. The van der Waals surface area contributed by atoms with E-state index in [-0.39, 0.29) is 5.91 Å². The summed E-state index contributed by atoms with van der Waals surface area (Å²) in [6, 6.07) is 9.98. The number of hydrogen-bond donors (Lipinski definition) is 0. The molecule has 0 aliphatic rings. The number of aromatic nitrogens is 1. The Hall–Kier alpha value is -2.44. The van der Waals surface area contributed by atoms with Gasteiger partial charge in [-0.15, -0.1) is 0 Å². The van der Waals surface area contributed by atoms with Crippen molar-refractivity contribution in [1.82, 2.24) is 9.88 Å². The molecule has 0 N–H and O–H groups in total. The lowest BCUT2D eigenvalue weighted by Gasteiger charge is -2.25. The van der Waals surface area contributed by atoms with Crippen LogP contribution in [0.2, 0.25) is 0 Å². The predicted octanol–water partition coefficient (Wildman–Crippen LogP) is 5.22. The van der Waals surface area contributed by atoms with Gasteiger partial charge < -0.3 is 9.64 Å². The lowest BCUT2D eigenvalue weighted by molar-refractivity contribution is 0.0983. The van der Waals surface area contributed by atoms with Crippen LogP contribution in [-0.4, -0.2) is 49.1 Å². The number of ether oxygens (including phenoxy) is 1. The van der Waals surface area contributed by atoms with Crippen molar-refractivity contribution in [2.24, 2.45) is 0 Å². The van der Waals surface area contributed by atoms with Crippen LogP contribution in [0.4, 0.5) is 5.13 Å². The topological polar surface area (TPSA) is 45.7 Å². The second-order valence-electron chi connectivity index (χ2n) is 7.62. The molecule has 0 aliphatic carbocycles. The summed E-state index contributed by atoms with van der Waals surface area (Å²) in [6.45, 7) is 13.7. The summed E-state index contributed by atoms with van der Waals surface area (Å²) in [6.07, 6.45) is 0. The van der Waals surface area contributed by atoms with Crippen LogP contribution in [0.15, 0.2) is 30.3 Å². The Morgan fingerprint density at radius 2 is 1.70 bits per heavy atom. The molecule has 0 bridgehead atoms. The van der Waals surface area contributed by atoms with Gasteiger partial charge in [0.1, 0.15) is 11.3 Å². The first-order valence-electron chi connectivity index (χ1n) is 10.4. The molecule has 160 valence electrons. The number of amides is 1. The van der Waals surface area contributed by atoms with E-state index in [1.165, 1.54) is 0 Å². The van der Waals surface area contributed by atoms with Crippen LogP contribution in [0, 0.1) is 20.8 Å². The van der Waals surface area contributed by atoms with Gasteiger partial charge in [-0.3, -0.25) is 9.69 Å². The number of benzene rings is 2. The lowest BCUT2D eigenvalue weighted by Crippen LogP contribution is -2.39. The zero-order valence-corrected chi connectivity index (χ0v) is 19.6. The van der Waals surface area contributed by atoms with Gasteiger partial charge in [0.25, 0.3) is 5.91 Å². The monoisotopic (exact) mass is 425 g/mol. The Labute approximate surface area is 183 Å². The fourth-order valence-corrected chi connectivity index (χ4v) is 4.77. The Morgan fingerprint density at radius 1 is 1.03 bits per heavy atom. The molecule has 0 unspecified atom stereocenters.